The molecule has 2 aromatic rings. The molecular formula is C15H17BrN4O. The molecule has 2 amide bonds. The smallest absolute Gasteiger partial charge is 0.313 e. The molecule has 21 heavy (non-hydrogen) atoms. The van der Waals surface area contributed by atoms with Crippen LogP contribution >= 0.6 is 15.9 Å². The van der Waals surface area contributed by atoms with Gasteiger partial charge in [0.2, 0.25) is 0 Å². The summed E-state index contributed by atoms with van der Waals surface area (Å²) in [5.41, 5.74) is 1.90. The Morgan fingerprint density at radius 2 is 1.86 bits per heavy atom. The average molecular weight is 349 g/mol. The van der Waals surface area contributed by atoms with Crippen LogP contribution in [0.2, 0.25) is 0 Å². The van der Waals surface area contributed by atoms with E-state index in [0.29, 0.717) is 5.82 Å². The molecule has 6 heteroatoms. The van der Waals surface area contributed by atoms with E-state index in [4.69, 9.17) is 0 Å². The van der Waals surface area contributed by atoms with Gasteiger partial charge in [0.1, 0.15) is 5.82 Å². The topological polar surface area (TPSA) is 66.0 Å². The van der Waals surface area contributed by atoms with Crippen LogP contribution in [0.4, 0.5) is 16.3 Å². The Balaban J connectivity index is 1.94. The first kappa shape index (κ1) is 15.5. The number of pyridine rings is 1. The molecule has 5 nitrogen and oxygen atoms in total. The van der Waals surface area contributed by atoms with Gasteiger partial charge in [-0.3, -0.25) is 5.32 Å². The summed E-state index contributed by atoms with van der Waals surface area (Å²) in [4.78, 5) is 15.9. The summed E-state index contributed by atoms with van der Waals surface area (Å²) < 4.78 is 0.864. The Morgan fingerprint density at radius 3 is 2.43 bits per heavy atom. The molecular weight excluding hydrogens is 332 g/mol. The third kappa shape index (κ3) is 4.54. The van der Waals surface area contributed by atoms with Crippen molar-refractivity contribution in [3.63, 3.8) is 0 Å². The molecule has 1 aromatic carbocycles. The summed E-state index contributed by atoms with van der Waals surface area (Å²) in [6.07, 6.45) is 1.63. The van der Waals surface area contributed by atoms with Crippen molar-refractivity contribution < 1.29 is 4.79 Å². The Kier molecular flexibility index (Phi) is 5.30. The lowest BCUT2D eigenvalue weighted by Gasteiger charge is -2.12. The van der Waals surface area contributed by atoms with Crippen molar-refractivity contribution in [3.8, 4) is 0 Å². The predicted octanol–water partition coefficient (Wildman–Crippen LogP) is 3.77. The normalized spacial score (nSPS) is 11.8. The van der Waals surface area contributed by atoms with Gasteiger partial charge in [0, 0.05) is 22.4 Å². The van der Waals surface area contributed by atoms with Crippen molar-refractivity contribution >= 4 is 33.5 Å². The molecule has 0 aliphatic rings. The van der Waals surface area contributed by atoms with Crippen LogP contribution in [0.15, 0.2) is 47.1 Å². The number of rotatable bonds is 4. The largest absolute Gasteiger partial charge is 0.324 e. The van der Waals surface area contributed by atoms with E-state index < -0.39 is 0 Å². The molecule has 1 atom stereocenters. The fourth-order valence-corrected chi connectivity index (χ4v) is 1.98. The summed E-state index contributed by atoms with van der Waals surface area (Å²) in [7, 11) is 1.91. The van der Waals surface area contributed by atoms with Gasteiger partial charge >= 0.3 is 6.03 Å². The lowest BCUT2D eigenvalue weighted by atomic mass is 10.1. The number of nitrogens with zero attached hydrogens (tertiary/aromatic N) is 1. The van der Waals surface area contributed by atoms with Crippen molar-refractivity contribution in [1.82, 2.24) is 10.3 Å². The molecule has 0 bridgehead atoms. The van der Waals surface area contributed by atoms with Gasteiger partial charge in [0.15, 0.2) is 0 Å². The minimum Gasteiger partial charge on any atom is -0.313 e. The number of urea groups is 1. The second-order valence-corrected chi connectivity index (χ2v) is 5.49. The minimum absolute atomic E-state index is 0.278. The molecule has 0 saturated carbocycles. The maximum absolute atomic E-state index is 11.9. The van der Waals surface area contributed by atoms with Crippen LogP contribution in [0.1, 0.15) is 18.5 Å². The number of benzene rings is 1. The van der Waals surface area contributed by atoms with Crippen molar-refractivity contribution in [1.29, 1.82) is 0 Å². The van der Waals surface area contributed by atoms with E-state index in [0.717, 1.165) is 15.7 Å². The summed E-state index contributed by atoms with van der Waals surface area (Å²) in [5.74, 6) is 0.496. The van der Waals surface area contributed by atoms with Crippen LogP contribution in [0.3, 0.4) is 0 Å². The molecule has 1 heterocycles. The molecule has 0 aliphatic heterocycles. The van der Waals surface area contributed by atoms with Gasteiger partial charge in [-0.25, -0.2) is 9.78 Å². The summed E-state index contributed by atoms with van der Waals surface area (Å²) in [6.45, 7) is 2.08. The molecule has 110 valence electrons. The van der Waals surface area contributed by atoms with E-state index >= 15 is 0 Å². The molecule has 0 radical (unpaired) electrons. The van der Waals surface area contributed by atoms with E-state index in [9.17, 15) is 4.79 Å². The van der Waals surface area contributed by atoms with E-state index in [1.54, 1.807) is 12.3 Å². The second kappa shape index (κ2) is 7.19. The Morgan fingerprint density at radius 1 is 1.14 bits per heavy atom. The van der Waals surface area contributed by atoms with Crippen LogP contribution in [0, 0.1) is 0 Å². The summed E-state index contributed by atoms with van der Waals surface area (Å²) in [5, 5.41) is 8.61. The fourth-order valence-electron chi connectivity index (χ4n) is 1.75. The van der Waals surface area contributed by atoms with Crippen LogP contribution in [0.5, 0.6) is 0 Å². The van der Waals surface area contributed by atoms with Crippen LogP contribution in [-0.4, -0.2) is 18.1 Å². The van der Waals surface area contributed by atoms with Gasteiger partial charge in [-0.15, -0.1) is 0 Å². The number of amides is 2. The highest BCUT2D eigenvalue weighted by Crippen LogP contribution is 2.16. The monoisotopic (exact) mass is 348 g/mol. The third-order valence-electron chi connectivity index (χ3n) is 3.07. The van der Waals surface area contributed by atoms with Gasteiger partial charge in [-0.2, -0.15) is 0 Å². The van der Waals surface area contributed by atoms with Gasteiger partial charge in [0.25, 0.3) is 0 Å². The Labute approximate surface area is 132 Å². The molecule has 0 fully saturated rings. The molecule has 3 N–H and O–H groups in total. The molecule has 0 spiro atoms. The van der Waals surface area contributed by atoms with Gasteiger partial charge < -0.3 is 10.6 Å². The average Bonchev–Trinajstić information content (AvgIpc) is 2.49. The predicted molar refractivity (Wildman–Crippen MR) is 88.5 cm³/mol. The summed E-state index contributed by atoms with van der Waals surface area (Å²) in [6, 6.07) is 11.2. The standard InChI is InChI=1S/C15H17BrN4O/c1-10(17-2)11-3-6-13(7-4-11)19-15(21)20-14-8-5-12(16)9-18-14/h3-10,17H,1-2H3,(H2,18,19,20,21). The molecule has 1 unspecified atom stereocenters. The van der Waals surface area contributed by atoms with E-state index in [2.05, 4.69) is 43.8 Å². The SMILES string of the molecule is CNC(C)c1ccc(NC(=O)Nc2ccc(Br)cn2)cc1. The van der Waals surface area contributed by atoms with Crippen molar-refractivity contribution in [2.75, 3.05) is 17.7 Å². The number of halogens is 1. The highest BCUT2D eigenvalue weighted by Gasteiger charge is 2.05. The van der Waals surface area contributed by atoms with Gasteiger partial charge in [0.05, 0.1) is 0 Å². The van der Waals surface area contributed by atoms with E-state index in [1.165, 1.54) is 0 Å². The molecule has 2 rings (SSSR count). The lowest BCUT2D eigenvalue weighted by molar-refractivity contribution is 0.262. The Hall–Kier alpha value is -1.92. The number of hydrogen-bond acceptors (Lipinski definition) is 3. The van der Waals surface area contributed by atoms with E-state index in [1.807, 2.05) is 37.4 Å². The first-order valence-corrected chi connectivity index (χ1v) is 7.34. The van der Waals surface area contributed by atoms with E-state index in [-0.39, 0.29) is 12.1 Å². The number of nitrogens with one attached hydrogen (secondary N) is 3. The van der Waals surface area contributed by atoms with Gasteiger partial charge in [-0.05, 0) is 59.7 Å². The third-order valence-corrected chi connectivity index (χ3v) is 3.54. The van der Waals surface area contributed by atoms with Crippen LogP contribution in [-0.2, 0) is 0 Å². The minimum atomic E-state index is -0.320. The first-order chi connectivity index (χ1) is 10.1. The molecule has 0 aliphatic carbocycles. The zero-order chi connectivity index (χ0) is 15.2. The second-order valence-electron chi connectivity index (χ2n) is 4.57. The van der Waals surface area contributed by atoms with Crippen LogP contribution < -0.4 is 16.0 Å². The number of anilines is 2. The number of carbonyl (C=O) groups excluding carboxylic acids is 1. The highest BCUT2D eigenvalue weighted by molar-refractivity contribution is 9.10. The first-order valence-electron chi connectivity index (χ1n) is 6.55. The van der Waals surface area contributed by atoms with Crippen LogP contribution in [0.25, 0.3) is 0 Å². The van der Waals surface area contributed by atoms with Crippen molar-refractivity contribution in [2.24, 2.45) is 0 Å². The molecule has 0 saturated heterocycles. The lowest BCUT2D eigenvalue weighted by Crippen LogP contribution is -2.20. The van der Waals surface area contributed by atoms with Crippen molar-refractivity contribution in [3.05, 3.63) is 52.6 Å². The Bertz CT molecular complexity index is 598. The highest BCUT2D eigenvalue weighted by atomic mass is 79.9. The fraction of sp³-hybridized carbons (Fsp3) is 0.200. The quantitative estimate of drug-likeness (QED) is 0.787. The number of aromatic nitrogens is 1. The molecule has 1 aromatic heterocycles. The number of carbonyl (C=O) groups is 1. The maximum Gasteiger partial charge on any atom is 0.324 e. The zero-order valence-corrected chi connectivity index (χ0v) is 13.4. The summed E-state index contributed by atoms with van der Waals surface area (Å²) >= 11 is 3.29. The zero-order valence-electron chi connectivity index (χ0n) is 11.9. The van der Waals surface area contributed by atoms with Crippen molar-refractivity contribution in [2.45, 2.75) is 13.0 Å². The number of hydrogen-bond donors (Lipinski definition) is 3. The van der Waals surface area contributed by atoms with Gasteiger partial charge in [-0.1, -0.05) is 12.1 Å². The maximum atomic E-state index is 11.9.